The van der Waals surface area contributed by atoms with Gasteiger partial charge in [-0.1, -0.05) is 5.46 Å². The van der Waals surface area contributed by atoms with E-state index < -0.39 is 28.6 Å². The number of amides is 2. The largest absolute Gasteiger partial charge is 0.398 e. The highest BCUT2D eigenvalue weighted by Gasteiger charge is 2.44. The smallest absolute Gasteiger partial charge is 0.263 e. The molecule has 1 saturated heterocycles. The van der Waals surface area contributed by atoms with E-state index in [2.05, 4.69) is 10.3 Å². The molecule has 10 heteroatoms. The zero-order chi connectivity index (χ0) is 17.8. The van der Waals surface area contributed by atoms with Crippen molar-refractivity contribution >= 4 is 57.4 Å². The summed E-state index contributed by atoms with van der Waals surface area (Å²) in [5.41, 5.74) is 4.21. The van der Waals surface area contributed by atoms with Gasteiger partial charge < -0.3 is 5.73 Å². The van der Waals surface area contributed by atoms with Crippen LogP contribution in [0.5, 0.6) is 0 Å². The van der Waals surface area contributed by atoms with Gasteiger partial charge in [0.05, 0.1) is 24.2 Å². The zero-order valence-corrected chi connectivity index (χ0v) is 12.9. The van der Waals surface area contributed by atoms with E-state index in [0.29, 0.717) is 11.0 Å². The Morgan fingerprint density at radius 2 is 2.04 bits per heavy atom. The first-order valence-corrected chi connectivity index (χ1v) is 7.13. The quantitative estimate of drug-likeness (QED) is 0.356. The lowest BCUT2D eigenvalue weighted by Gasteiger charge is -2.38. The summed E-state index contributed by atoms with van der Waals surface area (Å²) in [6.07, 6.45) is -0.236. The SMILES string of the molecule is [B]c1cc(N)c2c(=O)n(C3([B])CC([B])C(=O)NC3=O)c(C)nc2c1. The van der Waals surface area contributed by atoms with Crippen LogP contribution in [0.1, 0.15) is 12.2 Å². The van der Waals surface area contributed by atoms with Crippen LogP contribution < -0.4 is 22.1 Å². The van der Waals surface area contributed by atoms with Crippen molar-refractivity contribution < 1.29 is 9.59 Å². The van der Waals surface area contributed by atoms with Crippen molar-refractivity contribution in [3.05, 3.63) is 28.3 Å². The molecule has 24 heavy (non-hydrogen) atoms. The minimum atomic E-state index is -1.84. The zero-order valence-electron chi connectivity index (χ0n) is 12.9. The number of imide groups is 1. The Kier molecular flexibility index (Phi) is 3.58. The second-order valence-corrected chi connectivity index (χ2v) is 5.86. The van der Waals surface area contributed by atoms with E-state index in [-0.39, 0.29) is 23.3 Å². The van der Waals surface area contributed by atoms with Crippen molar-refractivity contribution in [1.82, 2.24) is 14.9 Å². The van der Waals surface area contributed by atoms with Crippen molar-refractivity contribution in [1.29, 1.82) is 0 Å². The van der Waals surface area contributed by atoms with Gasteiger partial charge in [-0.2, -0.15) is 0 Å². The first-order valence-electron chi connectivity index (χ1n) is 7.13. The van der Waals surface area contributed by atoms with E-state index >= 15 is 0 Å². The molecule has 2 amide bonds. The number of aryl methyl sites for hydroxylation is 1. The number of anilines is 1. The first-order chi connectivity index (χ1) is 11.1. The molecule has 2 atom stereocenters. The predicted octanol–water partition coefficient (Wildman–Crippen LogP) is -2.09. The standard InChI is InChI=1S/C14H11B3N4O3/c1-5-19-9-3-6(15)2-8(18)10(9)12(23)21(5)14(17)4-7(16)11(22)20-13(14)24/h2-3,7H,4,18H2,1H3,(H,20,22,24). The number of benzene rings is 1. The first kappa shape index (κ1) is 16.4. The normalized spacial score (nSPS) is 24.1. The number of nitrogens with two attached hydrogens (primary N) is 1. The molecule has 7 nitrogen and oxygen atoms in total. The number of nitrogens with zero attached hydrogens (tertiary/aromatic N) is 2. The molecule has 114 valence electrons. The molecule has 3 N–H and O–H groups in total. The highest BCUT2D eigenvalue weighted by molar-refractivity contribution is 6.35. The summed E-state index contributed by atoms with van der Waals surface area (Å²) in [5.74, 6) is -2.32. The van der Waals surface area contributed by atoms with Crippen LogP contribution >= 0.6 is 0 Å². The number of nitrogens with one attached hydrogen (secondary N) is 1. The fourth-order valence-electron chi connectivity index (χ4n) is 2.97. The predicted molar refractivity (Wildman–Crippen MR) is 91.5 cm³/mol. The van der Waals surface area contributed by atoms with Gasteiger partial charge in [0.25, 0.3) is 5.56 Å². The van der Waals surface area contributed by atoms with Crippen molar-refractivity contribution in [2.75, 3.05) is 5.73 Å². The molecular weight excluding hydrogens is 305 g/mol. The fourth-order valence-corrected chi connectivity index (χ4v) is 2.97. The minimum Gasteiger partial charge on any atom is -0.398 e. The number of carbonyl (C=O) groups excluding carboxylic acids is 2. The average Bonchev–Trinajstić information content (AvgIpc) is 2.43. The van der Waals surface area contributed by atoms with Crippen molar-refractivity contribution in [2.45, 2.75) is 24.6 Å². The molecule has 0 aliphatic carbocycles. The maximum Gasteiger partial charge on any atom is 0.263 e. The van der Waals surface area contributed by atoms with Gasteiger partial charge in [-0.3, -0.25) is 24.3 Å². The van der Waals surface area contributed by atoms with Gasteiger partial charge in [-0.15, -0.1) is 0 Å². The number of piperidine rings is 1. The van der Waals surface area contributed by atoms with Crippen LogP contribution in [0.15, 0.2) is 16.9 Å². The molecule has 2 unspecified atom stereocenters. The molecule has 1 aliphatic heterocycles. The van der Waals surface area contributed by atoms with E-state index in [1.165, 1.54) is 19.1 Å². The maximum atomic E-state index is 12.9. The topological polar surface area (TPSA) is 107 Å². The Morgan fingerprint density at radius 1 is 1.38 bits per heavy atom. The number of hydrogen-bond acceptors (Lipinski definition) is 5. The Hall–Kier alpha value is -2.51. The second-order valence-electron chi connectivity index (χ2n) is 5.86. The lowest BCUT2D eigenvalue weighted by atomic mass is 9.63. The van der Waals surface area contributed by atoms with Crippen LogP contribution in [0.2, 0.25) is 5.82 Å². The summed E-state index contributed by atoms with van der Waals surface area (Å²) in [4.78, 5) is 41.1. The number of fused-ring (bicyclic) bond motifs is 1. The van der Waals surface area contributed by atoms with Crippen molar-refractivity contribution in [2.24, 2.45) is 0 Å². The van der Waals surface area contributed by atoms with E-state index in [4.69, 9.17) is 29.3 Å². The minimum absolute atomic E-state index is 0.0953. The summed E-state index contributed by atoms with van der Waals surface area (Å²) < 4.78 is 1.02. The Labute approximate surface area is 141 Å². The molecule has 0 spiro atoms. The lowest BCUT2D eigenvalue weighted by Crippen LogP contribution is -2.60. The van der Waals surface area contributed by atoms with Crippen molar-refractivity contribution in [3.63, 3.8) is 0 Å². The average molecular weight is 316 g/mol. The lowest BCUT2D eigenvalue weighted by molar-refractivity contribution is -0.137. The molecule has 1 aliphatic rings. The van der Waals surface area contributed by atoms with Crippen LogP contribution in [-0.4, -0.2) is 44.9 Å². The maximum absolute atomic E-state index is 12.9. The molecule has 2 aromatic rings. The molecule has 1 fully saturated rings. The van der Waals surface area contributed by atoms with Crippen molar-refractivity contribution in [3.8, 4) is 0 Å². The van der Waals surface area contributed by atoms with Gasteiger partial charge in [0, 0.05) is 11.5 Å². The van der Waals surface area contributed by atoms with Gasteiger partial charge in [0.2, 0.25) is 11.8 Å². The van der Waals surface area contributed by atoms with Crippen LogP contribution in [0.25, 0.3) is 10.9 Å². The van der Waals surface area contributed by atoms with Gasteiger partial charge >= 0.3 is 0 Å². The highest BCUT2D eigenvalue weighted by Crippen LogP contribution is 2.29. The van der Waals surface area contributed by atoms with E-state index in [1.807, 2.05) is 0 Å². The Bertz CT molecular complexity index is 958. The summed E-state index contributed by atoms with van der Waals surface area (Å²) in [7, 11) is 17.6. The van der Waals surface area contributed by atoms with Gasteiger partial charge in [-0.25, -0.2) is 4.98 Å². The molecule has 1 aromatic carbocycles. The fraction of sp³-hybridized carbons (Fsp3) is 0.286. The molecule has 3 rings (SSSR count). The van der Waals surface area contributed by atoms with Crippen LogP contribution in [0.4, 0.5) is 5.69 Å². The monoisotopic (exact) mass is 316 g/mol. The number of aromatic nitrogens is 2. The summed E-state index contributed by atoms with van der Waals surface area (Å²) in [6, 6.07) is 2.92. The van der Waals surface area contributed by atoms with Crippen LogP contribution in [0.3, 0.4) is 0 Å². The van der Waals surface area contributed by atoms with E-state index in [0.717, 1.165) is 4.57 Å². The van der Waals surface area contributed by atoms with Crippen LogP contribution in [-0.2, 0) is 15.0 Å². The van der Waals surface area contributed by atoms with Crippen LogP contribution in [0, 0.1) is 6.92 Å². The molecule has 1 aromatic heterocycles. The highest BCUT2D eigenvalue weighted by atomic mass is 16.2. The molecule has 6 radical (unpaired) electrons. The third-order valence-corrected chi connectivity index (χ3v) is 4.09. The number of rotatable bonds is 1. The molecular formula is C14H11B3N4O3. The molecule has 0 saturated carbocycles. The number of hydrogen-bond donors (Lipinski definition) is 2. The third kappa shape index (κ3) is 2.25. The summed E-state index contributed by atoms with van der Waals surface area (Å²) in [6.45, 7) is 1.52. The molecule has 0 bridgehead atoms. The number of carbonyl (C=O) groups is 2. The van der Waals surface area contributed by atoms with E-state index in [9.17, 15) is 14.4 Å². The second kappa shape index (κ2) is 5.26. The Balaban J connectivity index is 2.33. The van der Waals surface area contributed by atoms with Gasteiger partial charge in [-0.05, 0) is 25.5 Å². The van der Waals surface area contributed by atoms with Gasteiger partial charge in [0.15, 0.2) is 0 Å². The third-order valence-electron chi connectivity index (χ3n) is 4.09. The van der Waals surface area contributed by atoms with E-state index in [1.54, 1.807) is 0 Å². The van der Waals surface area contributed by atoms with Gasteiger partial charge in [0.1, 0.15) is 21.5 Å². The number of nitrogen functional groups attached to an aromatic ring is 1. The Morgan fingerprint density at radius 3 is 2.71 bits per heavy atom. The summed E-state index contributed by atoms with van der Waals surface area (Å²) >= 11 is 0. The molecule has 2 heterocycles. The summed E-state index contributed by atoms with van der Waals surface area (Å²) in [5, 5.41) is 2.17.